The molecule has 0 spiro atoms. The molecule has 1 aliphatic rings. The molecule has 0 aliphatic heterocycles. The van der Waals surface area contributed by atoms with Crippen molar-refractivity contribution in [2.45, 2.75) is 24.2 Å². The number of carboxylic acid groups (broad SMARTS) is 1. The Bertz CT molecular complexity index is 869. The molecule has 28 heavy (non-hydrogen) atoms. The number of hydrogen-bond acceptors (Lipinski definition) is 1. The lowest BCUT2D eigenvalue weighted by molar-refractivity contribution is -0.138. The molecule has 2 aromatic rings. The molecular weight excluding hydrogens is 386 g/mol. The first-order valence-electron chi connectivity index (χ1n) is 8.21. The van der Waals surface area contributed by atoms with Gasteiger partial charge in [-0.1, -0.05) is 42.5 Å². The Labute approximate surface area is 156 Å². The van der Waals surface area contributed by atoms with Crippen LogP contribution in [0.5, 0.6) is 0 Å². The van der Waals surface area contributed by atoms with Gasteiger partial charge in [-0.15, -0.1) is 0 Å². The third-order valence-corrected chi connectivity index (χ3v) is 4.90. The Morgan fingerprint density at radius 2 is 1.39 bits per heavy atom. The van der Waals surface area contributed by atoms with Crippen molar-refractivity contribution in [2.24, 2.45) is 5.92 Å². The van der Waals surface area contributed by atoms with Crippen LogP contribution >= 0.6 is 0 Å². The van der Waals surface area contributed by atoms with Gasteiger partial charge in [0.15, 0.2) is 0 Å². The number of carbonyl (C=O) groups is 1. The van der Waals surface area contributed by atoms with Crippen LogP contribution in [0.1, 0.15) is 28.7 Å². The van der Waals surface area contributed by atoms with Crippen LogP contribution < -0.4 is 0 Å². The molecule has 8 heteroatoms. The molecule has 0 radical (unpaired) electrons. The SMILES string of the molecule is O=C(O)C=C[C@H]1CC1(c1cccc(C(F)(F)F)c1)c1cccc(C(F)(F)F)c1. The minimum atomic E-state index is -4.60. The smallest absolute Gasteiger partial charge is 0.416 e. The second-order valence-corrected chi connectivity index (χ2v) is 6.64. The molecule has 0 heterocycles. The molecule has 0 saturated heterocycles. The van der Waals surface area contributed by atoms with Gasteiger partial charge in [0, 0.05) is 11.5 Å². The lowest BCUT2D eigenvalue weighted by atomic mass is 9.84. The lowest BCUT2D eigenvalue weighted by Gasteiger charge is -2.21. The Kier molecular flexibility index (Phi) is 4.77. The summed E-state index contributed by atoms with van der Waals surface area (Å²) in [5.41, 5.74) is -2.58. The molecule has 1 N–H and O–H groups in total. The third kappa shape index (κ3) is 3.76. The summed E-state index contributed by atoms with van der Waals surface area (Å²) in [7, 11) is 0. The highest BCUT2D eigenvalue weighted by atomic mass is 19.4. The topological polar surface area (TPSA) is 37.3 Å². The fourth-order valence-electron chi connectivity index (χ4n) is 3.50. The van der Waals surface area contributed by atoms with Crippen LogP contribution in [0.2, 0.25) is 0 Å². The quantitative estimate of drug-likeness (QED) is 0.530. The highest BCUT2D eigenvalue weighted by Gasteiger charge is 2.55. The van der Waals surface area contributed by atoms with E-state index in [1.54, 1.807) is 0 Å². The highest BCUT2D eigenvalue weighted by Crippen LogP contribution is 2.60. The second-order valence-electron chi connectivity index (χ2n) is 6.64. The molecule has 2 aromatic carbocycles. The monoisotopic (exact) mass is 400 g/mol. The number of hydrogen-bond donors (Lipinski definition) is 1. The molecule has 3 rings (SSSR count). The van der Waals surface area contributed by atoms with Gasteiger partial charge in [0.2, 0.25) is 0 Å². The average molecular weight is 400 g/mol. The predicted molar refractivity (Wildman–Crippen MR) is 88.6 cm³/mol. The fraction of sp³-hybridized carbons (Fsp3) is 0.250. The van der Waals surface area contributed by atoms with E-state index in [0.29, 0.717) is 0 Å². The van der Waals surface area contributed by atoms with Crippen molar-refractivity contribution in [1.29, 1.82) is 0 Å². The maximum absolute atomic E-state index is 13.1. The second kappa shape index (κ2) is 6.68. The van der Waals surface area contributed by atoms with Gasteiger partial charge in [0.1, 0.15) is 0 Å². The standard InChI is InChI=1S/C20H14F6O2/c21-19(22,23)14-5-1-3-12(9-14)18(11-16(18)7-8-17(27)28)13-4-2-6-15(10-13)20(24,25)26/h1-10,16H,11H2,(H,27,28)/t16-/m0/s1. The van der Waals surface area contributed by atoms with Gasteiger partial charge < -0.3 is 5.11 Å². The van der Waals surface area contributed by atoms with Crippen LogP contribution in [-0.4, -0.2) is 11.1 Å². The summed E-state index contributed by atoms with van der Waals surface area (Å²) in [6.45, 7) is 0. The summed E-state index contributed by atoms with van der Waals surface area (Å²) in [4.78, 5) is 10.8. The molecular formula is C20H14F6O2. The van der Waals surface area contributed by atoms with Crippen molar-refractivity contribution in [1.82, 2.24) is 0 Å². The van der Waals surface area contributed by atoms with Crippen LogP contribution in [-0.2, 0) is 22.6 Å². The highest BCUT2D eigenvalue weighted by molar-refractivity contribution is 5.80. The predicted octanol–water partition coefficient (Wildman–Crippen LogP) is 5.67. The first kappa shape index (κ1) is 20.0. The third-order valence-electron chi connectivity index (χ3n) is 4.90. The summed E-state index contributed by atoms with van der Waals surface area (Å²) in [5.74, 6) is -1.77. The van der Waals surface area contributed by atoms with Crippen LogP contribution in [0, 0.1) is 5.92 Å². The lowest BCUT2D eigenvalue weighted by Crippen LogP contribution is -2.16. The fourth-order valence-corrected chi connectivity index (χ4v) is 3.50. The normalized spacial score (nSPS) is 19.0. The average Bonchev–Trinajstić information content (AvgIpc) is 3.34. The Balaban J connectivity index is 2.13. The van der Waals surface area contributed by atoms with Crippen molar-refractivity contribution in [3.8, 4) is 0 Å². The van der Waals surface area contributed by atoms with Crippen molar-refractivity contribution in [2.75, 3.05) is 0 Å². The van der Waals surface area contributed by atoms with Crippen LogP contribution in [0.4, 0.5) is 26.3 Å². The molecule has 2 nitrogen and oxygen atoms in total. The Hall–Kier alpha value is -2.77. The first-order valence-corrected chi connectivity index (χ1v) is 8.21. The number of carboxylic acids is 1. The molecule has 1 aliphatic carbocycles. The number of alkyl halides is 6. The summed E-state index contributed by atoms with van der Waals surface area (Å²) in [5, 5.41) is 8.82. The number of aliphatic carboxylic acids is 1. The number of benzene rings is 2. The van der Waals surface area contributed by atoms with Gasteiger partial charge in [-0.2, -0.15) is 26.3 Å². The van der Waals surface area contributed by atoms with E-state index in [2.05, 4.69) is 0 Å². The molecule has 0 unspecified atom stereocenters. The molecule has 1 atom stereocenters. The van der Waals surface area contributed by atoms with Gasteiger partial charge in [-0.25, -0.2) is 4.79 Å². The van der Waals surface area contributed by atoms with E-state index in [1.807, 2.05) is 0 Å². The van der Waals surface area contributed by atoms with E-state index in [-0.39, 0.29) is 17.5 Å². The zero-order valence-corrected chi connectivity index (χ0v) is 14.2. The summed E-state index contributed by atoms with van der Waals surface area (Å²) in [6, 6.07) is 8.83. The van der Waals surface area contributed by atoms with Gasteiger partial charge in [-0.3, -0.25) is 0 Å². The van der Waals surface area contributed by atoms with E-state index < -0.39 is 40.8 Å². The van der Waals surface area contributed by atoms with Gasteiger partial charge in [-0.05, 0) is 35.6 Å². The van der Waals surface area contributed by atoms with Crippen molar-refractivity contribution in [3.63, 3.8) is 0 Å². The first-order chi connectivity index (χ1) is 12.9. The van der Waals surface area contributed by atoms with E-state index in [0.717, 1.165) is 30.3 Å². The minimum Gasteiger partial charge on any atom is -0.478 e. The van der Waals surface area contributed by atoms with E-state index >= 15 is 0 Å². The zero-order chi connectivity index (χ0) is 20.7. The van der Waals surface area contributed by atoms with Gasteiger partial charge in [0.25, 0.3) is 0 Å². The van der Waals surface area contributed by atoms with E-state index in [1.165, 1.54) is 30.3 Å². The Morgan fingerprint density at radius 3 is 1.79 bits per heavy atom. The molecule has 1 fully saturated rings. The van der Waals surface area contributed by atoms with Crippen LogP contribution in [0.3, 0.4) is 0 Å². The molecule has 0 aromatic heterocycles. The maximum atomic E-state index is 13.1. The van der Waals surface area contributed by atoms with Crippen LogP contribution in [0.25, 0.3) is 0 Å². The summed E-state index contributed by atoms with van der Waals surface area (Å²) in [6.07, 6.45) is -6.84. The number of halogens is 6. The largest absolute Gasteiger partial charge is 0.478 e. The van der Waals surface area contributed by atoms with Gasteiger partial charge in [0.05, 0.1) is 11.1 Å². The van der Waals surface area contributed by atoms with Crippen molar-refractivity contribution < 1.29 is 36.2 Å². The molecule has 0 amide bonds. The molecule has 148 valence electrons. The number of allylic oxidation sites excluding steroid dienone is 1. The zero-order valence-electron chi connectivity index (χ0n) is 14.2. The van der Waals surface area contributed by atoms with E-state index in [9.17, 15) is 31.1 Å². The minimum absolute atomic E-state index is 0.196. The van der Waals surface area contributed by atoms with E-state index in [4.69, 9.17) is 5.11 Å². The van der Waals surface area contributed by atoms with Gasteiger partial charge >= 0.3 is 18.3 Å². The molecule has 0 bridgehead atoms. The maximum Gasteiger partial charge on any atom is 0.416 e. The van der Waals surface area contributed by atoms with Crippen molar-refractivity contribution >= 4 is 5.97 Å². The van der Waals surface area contributed by atoms with Crippen molar-refractivity contribution in [3.05, 3.63) is 82.9 Å². The Morgan fingerprint density at radius 1 is 0.929 bits per heavy atom. The molecule has 1 saturated carbocycles. The number of rotatable bonds is 4. The van der Waals surface area contributed by atoms with Crippen LogP contribution in [0.15, 0.2) is 60.7 Å². The summed E-state index contributed by atoms with van der Waals surface area (Å²) >= 11 is 0. The summed E-state index contributed by atoms with van der Waals surface area (Å²) < 4.78 is 78.7.